The normalized spacial score (nSPS) is 14.1. The topological polar surface area (TPSA) is 35.5 Å². The Hall–Kier alpha value is -1.05. The summed E-state index contributed by atoms with van der Waals surface area (Å²) in [6.45, 7) is 11.0. The minimum absolute atomic E-state index is 0.137. The summed E-state index contributed by atoms with van der Waals surface area (Å²) in [5, 5.41) is 0.160. The number of ether oxygens (including phenoxy) is 1. The van der Waals surface area contributed by atoms with E-state index in [1.807, 2.05) is 6.08 Å². The van der Waals surface area contributed by atoms with Gasteiger partial charge in [-0.05, 0) is 37.4 Å². The van der Waals surface area contributed by atoms with Crippen molar-refractivity contribution in [3.8, 4) is 12.3 Å². The zero-order valence-electron chi connectivity index (χ0n) is 13.7. The van der Waals surface area contributed by atoms with Crippen LogP contribution in [-0.4, -0.2) is 27.5 Å². The predicted octanol–water partition coefficient (Wildman–Crippen LogP) is 3.91. The fourth-order valence-electron chi connectivity index (χ4n) is 1.38. The maximum absolute atomic E-state index is 10.9. The van der Waals surface area contributed by atoms with E-state index in [0.29, 0.717) is 0 Å². The van der Waals surface area contributed by atoms with Crippen molar-refractivity contribution in [2.45, 2.75) is 64.3 Å². The van der Waals surface area contributed by atoms with Crippen LogP contribution in [0.1, 0.15) is 40.0 Å². The van der Waals surface area contributed by atoms with Gasteiger partial charge >= 0.3 is 5.97 Å². The van der Waals surface area contributed by atoms with Gasteiger partial charge < -0.3 is 9.16 Å². The summed E-state index contributed by atoms with van der Waals surface area (Å²) in [4.78, 5) is 10.9. The summed E-state index contributed by atoms with van der Waals surface area (Å²) in [5.74, 6) is 2.41. The molecule has 0 aliphatic rings. The van der Waals surface area contributed by atoms with Crippen molar-refractivity contribution >= 4 is 14.3 Å². The molecule has 0 aromatic heterocycles. The molecular weight excluding hydrogens is 268 g/mol. The number of carbonyl (C=O) groups excluding carboxylic acids is 1. The average Bonchev–Trinajstić information content (AvgIpc) is 2.34. The molecule has 20 heavy (non-hydrogen) atoms. The number of methoxy groups -OCH3 is 1. The largest absolute Gasteiger partial charge is 0.466 e. The lowest BCUT2D eigenvalue weighted by molar-refractivity contribution is -0.134. The highest BCUT2D eigenvalue weighted by atomic mass is 28.4. The van der Waals surface area contributed by atoms with E-state index in [1.54, 1.807) is 0 Å². The number of unbranched alkanes of at least 4 members (excludes halogenated alkanes) is 1. The summed E-state index contributed by atoms with van der Waals surface area (Å²) in [6, 6.07) is 0. The number of hydrogen-bond acceptors (Lipinski definition) is 3. The van der Waals surface area contributed by atoms with Crippen molar-refractivity contribution in [2.75, 3.05) is 7.11 Å². The van der Waals surface area contributed by atoms with Crippen LogP contribution < -0.4 is 0 Å². The third kappa shape index (κ3) is 6.92. The van der Waals surface area contributed by atoms with E-state index in [4.69, 9.17) is 10.8 Å². The second-order valence-corrected chi connectivity index (χ2v) is 11.1. The Morgan fingerprint density at radius 2 is 2.00 bits per heavy atom. The van der Waals surface area contributed by atoms with Gasteiger partial charge in [0, 0.05) is 6.08 Å². The van der Waals surface area contributed by atoms with Gasteiger partial charge in [0.25, 0.3) is 0 Å². The summed E-state index contributed by atoms with van der Waals surface area (Å²) >= 11 is 0. The number of terminal acetylenes is 1. The Labute approximate surface area is 124 Å². The fourth-order valence-corrected chi connectivity index (χ4v) is 2.63. The van der Waals surface area contributed by atoms with Gasteiger partial charge in [0.15, 0.2) is 8.32 Å². The van der Waals surface area contributed by atoms with Crippen LogP contribution in [0.4, 0.5) is 0 Å². The first-order chi connectivity index (χ1) is 9.14. The Bertz CT molecular complexity index is 372. The molecule has 0 amide bonds. The Morgan fingerprint density at radius 3 is 2.45 bits per heavy atom. The molecule has 0 aliphatic carbocycles. The molecule has 0 aromatic carbocycles. The number of hydrogen-bond donors (Lipinski definition) is 0. The van der Waals surface area contributed by atoms with Gasteiger partial charge in [0.1, 0.15) is 6.10 Å². The molecule has 0 saturated carbocycles. The molecular formula is C16H28O3Si. The maximum Gasteiger partial charge on any atom is 0.330 e. The first-order valence-corrected chi connectivity index (χ1v) is 9.93. The van der Waals surface area contributed by atoms with Crippen molar-refractivity contribution in [3.05, 3.63) is 12.2 Å². The first kappa shape index (κ1) is 18.9. The molecule has 0 spiro atoms. The van der Waals surface area contributed by atoms with Gasteiger partial charge in [-0.3, -0.25) is 0 Å². The average molecular weight is 296 g/mol. The zero-order valence-corrected chi connectivity index (χ0v) is 14.7. The van der Waals surface area contributed by atoms with Crippen LogP contribution in [0.25, 0.3) is 0 Å². The van der Waals surface area contributed by atoms with Gasteiger partial charge in [0.05, 0.1) is 7.11 Å². The maximum atomic E-state index is 10.9. The number of allylic oxidation sites excluding steroid dienone is 1. The molecule has 0 heterocycles. The lowest BCUT2D eigenvalue weighted by Gasteiger charge is -2.38. The van der Waals surface area contributed by atoms with Crippen molar-refractivity contribution in [1.82, 2.24) is 0 Å². The number of rotatable bonds is 7. The van der Waals surface area contributed by atoms with E-state index >= 15 is 0 Å². The minimum Gasteiger partial charge on any atom is -0.466 e. The molecule has 0 saturated heterocycles. The molecule has 0 aliphatic heterocycles. The minimum atomic E-state index is -1.82. The van der Waals surface area contributed by atoms with E-state index in [-0.39, 0.29) is 17.1 Å². The molecule has 114 valence electrons. The highest BCUT2D eigenvalue weighted by Gasteiger charge is 2.38. The highest BCUT2D eigenvalue weighted by Crippen LogP contribution is 2.37. The zero-order chi connectivity index (χ0) is 15.8. The Kier molecular flexibility index (Phi) is 7.85. The van der Waals surface area contributed by atoms with Crippen LogP contribution in [0.5, 0.6) is 0 Å². The van der Waals surface area contributed by atoms with Crippen LogP contribution in [0.2, 0.25) is 18.1 Å². The number of carbonyl (C=O) groups is 1. The fraction of sp³-hybridized carbons (Fsp3) is 0.688. The van der Waals surface area contributed by atoms with Crippen molar-refractivity contribution in [1.29, 1.82) is 0 Å². The Morgan fingerprint density at radius 1 is 1.40 bits per heavy atom. The SMILES string of the molecule is C#CC(CCC/C=C/C(=O)OC)O[Si](C)(C)C(C)(C)C. The van der Waals surface area contributed by atoms with Crippen molar-refractivity contribution in [2.24, 2.45) is 0 Å². The first-order valence-electron chi connectivity index (χ1n) is 7.02. The van der Waals surface area contributed by atoms with Gasteiger partial charge in [-0.2, -0.15) is 0 Å². The Balaban J connectivity index is 4.23. The molecule has 0 rings (SSSR count). The van der Waals surface area contributed by atoms with Crippen LogP contribution in [-0.2, 0) is 14.0 Å². The van der Waals surface area contributed by atoms with E-state index in [1.165, 1.54) is 13.2 Å². The van der Waals surface area contributed by atoms with E-state index < -0.39 is 8.32 Å². The summed E-state index contributed by atoms with van der Waals surface area (Å²) in [6.07, 6.45) is 11.2. The summed E-state index contributed by atoms with van der Waals surface area (Å²) in [5.41, 5.74) is 0. The molecule has 0 radical (unpaired) electrons. The van der Waals surface area contributed by atoms with Crippen molar-refractivity contribution < 1.29 is 14.0 Å². The molecule has 1 atom stereocenters. The second-order valence-electron chi connectivity index (χ2n) is 6.39. The van der Waals surface area contributed by atoms with E-state index in [0.717, 1.165) is 19.3 Å². The van der Waals surface area contributed by atoms with Gasteiger partial charge in [-0.25, -0.2) is 4.79 Å². The molecule has 1 unspecified atom stereocenters. The molecule has 0 N–H and O–H groups in total. The lowest BCUT2D eigenvalue weighted by Crippen LogP contribution is -2.43. The van der Waals surface area contributed by atoms with Crippen molar-refractivity contribution in [3.63, 3.8) is 0 Å². The summed E-state index contributed by atoms with van der Waals surface area (Å²) < 4.78 is 10.7. The van der Waals surface area contributed by atoms with Gasteiger partial charge in [0.2, 0.25) is 0 Å². The lowest BCUT2D eigenvalue weighted by atomic mass is 10.1. The van der Waals surface area contributed by atoms with Gasteiger partial charge in [-0.1, -0.05) is 32.8 Å². The van der Waals surface area contributed by atoms with Crippen LogP contribution in [0, 0.1) is 12.3 Å². The predicted molar refractivity (Wildman–Crippen MR) is 85.9 cm³/mol. The third-order valence-corrected chi connectivity index (χ3v) is 8.21. The quantitative estimate of drug-likeness (QED) is 0.235. The highest BCUT2D eigenvalue weighted by molar-refractivity contribution is 6.74. The monoisotopic (exact) mass is 296 g/mol. The second kappa shape index (κ2) is 8.28. The molecule has 0 fully saturated rings. The molecule has 3 nitrogen and oxygen atoms in total. The van der Waals surface area contributed by atoms with Crippen LogP contribution in [0.15, 0.2) is 12.2 Å². The van der Waals surface area contributed by atoms with Crippen LogP contribution in [0.3, 0.4) is 0 Å². The van der Waals surface area contributed by atoms with E-state index in [2.05, 4.69) is 44.5 Å². The standard InChI is InChI=1S/C16H28O3Si/c1-8-14(19-20(6,7)16(2,3)4)12-10-9-11-13-15(17)18-5/h1,11,13-14H,9-10,12H2,2-7H3/b13-11+. The molecule has 0 aromatic rings. The number of esters is 1. The third-order valence-electron chi connectivity index (χ3n) is 3.72. The van der Waals surface area contributed by atoms with Gasteiger partial charge in [-0.15, -0.1) is 6.42 Å². The van der Waals surface area contributed by atoms with Crippen LogP contribution >= 0.6 is 0 Å². The molecule has 0 bridgehead atoms. The molecule has 4 heteroatoms. The smallest absolute Gasteiger partial charge is 0.330 e. The van der Waals surface area contributed by atoms with E-state index in [9.17, 15) is 4.79 Å². The summed E-state index contributed by atoms with van der Waals surface area (Å²) in [7, 11) is -0.447.